The van der Waals surface area contributed by atoms with Crippen molar-refractivity contribution in [1.29, 1.82) is 0 Å². The van der Waals surface area contributed by atoms with Crippen molar-refractivity contribution in [2.75, 3.05) is 33.7 Å². The van der Waals surface area contributed by atoms with Crippen LogP contribution in [-0.4, -0.2) is 42.8 Å². The van der Waals surface area contributed by atoms with Gasteiger partial charge in [-0.3, -0.25) is 15.0 Å². The summed E-state index contributed by atoms with van der Waals surface area (Å²) in [5.41, 5.74) is 14.1. The molecule has 8 aromatic heterocycles. The van der Waals surface area contributed by atoms with Crippen molar-refractivity contribution in [3.63, 3.8) is 0 Å². The van der Waals surface area contributed by atoms with Gasteiger partial charge in [-0.25, -0.2) is 4.98 Å². The molecule has 0 fully saturated rings. The molecule has 2 aliphatic rings. The first-order chi connectivity index (χ1) is 40.5. The van der Waals surface area contributed by atoms with E-state index in [4.69, 9.17) is 4.98 Å². The number of hydrogen-bond donors (Lipinski definition) is 0. The Hall–Kier alpha value is -9.54. The third kappa shape index (κ3) is 9.30. The molecule has 0 bridgehead atoms. The molecule has 0 aliphatic carbocycles. The molecule has 18 rings (SSSR count). The third-order valence-electron chi connectivity index (χ3n) is 15.3. The van der Waals surface area contributed by atoms with Gasteiger partial charge in [0.1, 0.15) is 0 Å². The standard InChI is InChI=1S/2C22H12N3.2C14H12N2.2Ir/c1-3-8-16-15(7-1)13-25-21(16)18-12-14-6-2-4-10-19(14)24-20(18)17-9-5-11-23-22(17)25;1-2-7-15-14(6-1)13-25-21(15)20-17-8-3-4-10-19(17)24-12-18(20)16-9-5-11-23-22(16)25;2*1-15-11-16(12-7-3-2-4-8-12)14-10-6-5-9-13(14)15;;/h2*1-12H;2*2-7,9-11H,1H3;;/q2*-1;2*-2;2*+3. The van der Waals surface area contributed by atoms with Crippen molar-refractivity contribution in [1.82, 2.24) is 28.7 Å². The number of rotatable bonds is 2. The van der Waals surface area contributed by atoms with E-state index in [-0.39, 0.29) is 40.2 Å². The average Bonchev–Trinajstić information content (AvgIpc) is 2.04. The molecule has 10 nitrogen and oxygen atoms in total. The van der Waals surface area contributed by atoms with Gasteiger partial charge in [-0.15, -0.1) is 34.3 Å². The van der Waals surface area contributed by atoms with Gasteiger partial charge in [-0.1, -0.05) is 120 Å². The van der Waals surface area contributed by atoms with Gasteiger partial charge in [-0.2, -0.15) is 74.0 Å². The Bertz CT molecular complexity index is 4950. The van der Waals surface area contributed by atoms with E-state index >= 15 is 0 Å². The van der Waals surface area contributed by atoms with E-state index < -0.39 is 0 Å². The van der Waals surface area contributed by atoms with Crippen LogP contribution in [-0.2, 0) is 40.2 Å². The van der Waals surface area contributed by atoms with Gasteiger partial charge >= 0.3 is 40.2 Å². The molecule has 2 aliphatic heterocycles. The minimum absolute atomic E-state index is 0. The second kappa shape index (κ2) is 22.7. The van der Waals surface area contributed by atoms with Crippen molar-refractivity contribution in [2.24, 2.45) is 0 Å². The van der Waals surface area contributed by atoms with E-state index in [1.54, 1.807) is 0 Å². The average molecular weight is 1440 g/mol. The summed E-state index contributed by atoms with van der Waals surface area (Å²) in [4.78, 5) is 27.5. The van der Waals surface area contributed by atoms with Crippen molar-refractivity contribution < 1.29 is 40.2 Å². The van der Waals surface area contributed by atoms with Crippen LogP contribution in [0, 0.1) is 37.9 Å². The second-order valence-electron chi connectivity index (χ2n) is 20.2. The smallest absolute Gasteiger partial charge is 0.504 e. The van der Waals surface area contributed by atoms with Crippen molar-refractivity contribution in [3.05, 3.63) is 281 Å². The van der Waals surface area contributed by atoms with E-state index in [1.165, 1.54) is 38.9 Å². The number of hydrogen-bond acceptors (Lipinski definition) is 8. The summed E-state index contributed by atoms with van der Waals surface area (Å²) in [6.07, 6.45) is 12.6. The fourth-order valence-electron chi connectivity index (χ4n) is 11.6. The Morgan fingerprint density at radius 3 is 1.48 bits per heavy atom. The Balaban J connectivity index is 0.000000106. The topological polar surface area (TPSA) is 73.3 Å². The van der Waals surface area contributed by atoms with Crippen LogP contribution in [0.25, 0.3) is 98.1 Å². The number of benzene rings is 8. The largest absolute Gasteiger partial charge is 3.00 e. The fraction of sp³-hybridized carbons (Fsp3) is 0.0278. The molecule has 10 heterocycles. The summed E-state index contributed by atoms with van der Waals surface area (Å²) in [5, 5.41) is 12.5. The van der Waals surface area contributed by atoms with Crippen molar-refractivity contribution >= 4 is 132 Å². The fourth-order valence-corrected chi connectivity index (χ4v) is 11.6. The first kappa shape index (κ1) is 53.8. The number of pyridine rings is 6. The van der Waals surface area contributed by atoms with Gasteiger partial charge in [0.25, 0.3) is 0 Å². The van der Waals surface area contributed by atoms with Gasteiger partial charge in [-0.05, 0) is 114 Å². The molecule has 0 amide bonds. The van der Waals surface area contributed by atoms with Crippen LogP contribution in [0.3, 0.4) is 0 Å². The SMILES string of the molecule is CN1[CH-]N(c2[c-]cccc2)c2ccccc21.CN1[CH-]N(c2[c-]cccc2)c2ccccc21.[Ir+3].[Ir+3].[c-]1c2ccccc2c2c3c4ccccc4ncc3c3cccnc3n12.[c-]1c2ccccc2c2c3cc4ccccc4nc3c3cccnc3n12. The summed E-state index contributed by atoms with van der Waals surface area (Å²) in [6, 6.07) is 82.9. The molecule has 0 radical (unpaired) electrons. The first-order valence-corrected chi connectivity index (χ1v) is 27.1. The molecule has 0 spiro atoms. The summed E-state index contributed by atoms with van der Waals surface area (Å²) < 4.78 is 4.19. The second-order valence-corrected chi connectivity index (χ2v) is 20.2. The quantitative estimate of drug-likeness (QED) is 0.0963. The van der Waals surface area contributed by atoms with E-state index in [1.807, 2.05) is 85.3 Å². The zero-order valence-corrected chi connectivity index (χ0v) is 50.2. The minimum atomic E-state index is 0. The van der Waals surface area contributed by atoms with Crippen molar-refractivity contribution in [2.45, 2.75) is 0 Å². The number of para-hydroxylation sites is 8. The Kier molecular flexibility index (Phi) is 14.5. The predicted molar refractivity (Wildman–Crippen MR) is 337 cm³/mol. The van der Waals surface area contributed by atoms with Crippen LogP contribution in [0.2, 0.25) is 0 Å². The number of anilines is 6. The zero-order valence-electron chi connectivity index (χ0n) is 45.4. The summed E-state index contributed by atoms with van der Waals surface area (Å²) in [7, 11) is 4.11. The molecule has 8 aromatic carbocycles. The van der Waals surface area contributed by atoms with Crippen LogP contribution >= 0.6 is 0 Å². The van der Waals surface area contributed by atoms with E-state index in [9.17, 15) is 0 Å². The van der Waals surface area contributed by atoms with Crippen LogP contribution in [0.5, 0.6) is 0 Å². The molecule has 0 saturated carbocycles. The zero-order chi connectivity index (χ0) is 54.7. The molecule has 404 valence electrons. The maximum Gasteiger partial charge on any atom is 3.00 e. The van der Waals surface area contributed by atoms with Crippen LogP contribution in [0.15, 0.2) is 243 Å². The predicted octanol–water partition coefficient (Wildman–Crippen LogP) is 16.7. The van der Waals surface area contributed by atoms with Gasteiger partial charge < -0.3 is 28.4 Å². The van der Waals surface area contributed by atoms with Crippen LogP contribution in [0.4, 0.5) is 34.1 Å². The summed E-state index contributed by atoms with van der Waals surface area (Å²) in [6.45, 7) is 4.16. The number of nitrogens with zero attached hydrogens (tertiary/aromatic N) is 10. The maximum atomic E-state index is 4.98. The molecule has 0 saturated heterocycles. The van der Waals surface area contributed by atoms with E-state index in [0.717, 1.165) is 93.3 Å². The Morgan fingerprint density at radius 1 is 0.393 bits per heavy atom. The minimum Gasteiger partial charge on any atom is -0.504 e. The van der Waals surface area contributed by atoms with Gasteiger partial charge in [0.15, 0.2) is 0 Å². The van der Waals surface area contributed by atoms with E-state index in [0.29, 0.717) is 0 Å². The first-order valence-electron chi connectivity index (χ1n) is 27.1. The van der Waals surface area contributed by atoms with Gasteiger partial charge in [0.2, 0.25) is 0 Å². The molecule has 0 atom stereocenters. The Morgan fingerprint density at radius 2 is 0.869 bits per heavy atom. The molecular weight excluding hydrogens is 1390 g/mol. The number of aromatic nitrogens is 6. The monoisotopic (exact) mass is 1440 g/mol. The Labute approximate surface area is 512 Å². The van der Waals surface area contributed by atoms with Crippen LogP contribution in [0.1, 0.15) is 0 Å². The molecular formula is C72H48Ir2N10. The normalized spacial score (nSPS) is 12.5. The number of fused-ring (bicyclic) bond motifs is 21. The van der Waals surface area contributed by atoms with Crippen LogP contribution < -0.4 is 19.6 Å². The van der Waals surface area contributed by atoms with Crippen molar-refractivity contribution in [3.8, 4) is 0 Å². The van der Waals surface area contributed by atoms with Gasteiger partial charge in [0, 0.05) is 57.5 Å². The molecule has 0 N–H and O–H groups in total. The van der Waals surface area contributed by atoms with E-state index in [2.05, 4.69) is 253 Å². The molecule has 0 unspecified atom stereocenters. The molecule has 84 heavy (non-hydrogen) atoms. The maximum absolute atomic E-state index is 4.98. The van der Waals surface area contributed by atoms with Gasteiger partial charge in [0.05, 0.1) is 27.8 Å². The molecule has 16 aromatic rings. The summed E-state index contributed by atoms with van der Waals surface area (Å²) in [5.74, 6) is 0. The third-order valence-corrected chi connectivity index (χ3v) is 15.3. The molecule has 12 heteroatoms. The summed E-state index contributed by atoms with van der Waals surface area (Å²) >= 11 is 0.